The summed E-state index contributed by atoms with van der Waals surface area (Å²) >= 11 is 1.28. The van der Waals surface area contributed by atoms with Crippen LogP contribution in [-0.4, -0.2) is 22.1 Å². The zero-order chi connectivity index (χ0) is 16.7. The van der Waals surface area contributed by atoms with Crippen LogP contribution in [0.1, 0.15) is 29.8 Å². The molecule has 2 aromatic rings. The van der Waals surface area contributed by atoms with E-state index in [0.29, 0.717) is 34.0 Å². The van der Waals surface area contributed by atoms with Crippen LogP contribution in [0.15, 0.2) is 24.3 Å². The topological polar surface area (TPSA) is 80.9 Å². The fraction of sp³-hybridized carbons (Fsp3) is 0.471. The maximum Gasteiger partial charge on any atom is 0.231 e. The maximum absolute atomic E-state index is 13.7. The lowest BCUT2D eigenvalue weighted by molar-refractivity contribution is -0.121. The van der Waals surface area contributed by atoms with Crippen LogP contribution in [0.25, 0.3) is 0 Å². The molecule has 24 heavy (non-hydrogen) atoms. The number of halogens is 1. The van der Waals surface area contributed by atoms with Crippen molar-refractivity contribution in [3.05, 3.63) is 40.7 Å². The molecule has 0 spiro atoms. The summed E-state index contributed by atoms with van der Waals surface area (Å²) in [6.07, 6.45) is 3.66. The lowest BCUT2D eigenvalue weighted by Gasteiger charge is -2.26. The first kappa shape index (κ1) is 15.7. The molecule has 2 aliphatic carbocycles. The molecule has 4 unspecified atom stereocenters. The van der Waals surface area contributed by atoms with E-state index in [9.17, 15) is 9.18 Å². The molecule has 1 aromatic heterocycles. The molecular formula is C17H19FN4OS. The second-order valence-corrected chi connectivity index (χ2v) is 7.76. The number of hydrogen-bond acceptors (Lipinski definition) is 5. The standard InChI is InChI=1S/C17H19FN4OS/c18-12-4-2-1-3-9(12)8-13-21-22-17(24-13)20-16(23)14-10-5-6-11(7-10)15(14)19/h1-4,10-11,14-15H,5-8,19H2,(H,20,22,23). The van der Waals surface area contributed by atoms with Crippen LogP contribution < -0.4 is 11.1 Å². The van der Waals surface area contributed by atoms with Crippen LogP contribution in [-0.2, 0) is 11.2 Å². The largest absolute Gasteiger partial charge is 0.327 e. The van der Waals surface area contributed by atoms with Crippen LogP contribution in [0.4, 0.5) is 9.52 Å². The Hall–Kier alpha value is -1.86. The summed E-state index contributed by atoms with van der Waals surface area (Å²) in [6.45, 7) is 0. The summed E-state index contributed by atoms with van der Waals surface area (Å²) in [5.41, 5.74) is 6.78. The van der Waals surface area contributed by atoms with E-state index >= 15 is 0 Å². The van der Waals surface area contributed by atoms with Crippen molar-refractivity contribution in [2.24, 2.45) is 23.5 Å². The van der Waals surface area contributed by atoms with Gasteiger partial charge in [-0.2, -0.15) is 0 Å². The van der Waals surface area contributed by atoms with Crippen molar-refractivity contribution < 1.29 is 9.18 Å². The number of fused-ring (bicyclic) bond motifs is 2. The quantitative estimate of drug-likeness (QED) is 0.892. The first-order valence-corrected chi connectivity index (χ1v) is 9.05. The summed E-state index contributed by atoms with van der Waals surface area (Å²) in [7, 11) is 0. The van der Waals surface area contributed by atoms with Crippen LogP contribution in [0, 0.1) is 23.6 Å². The Labute approximate surface area is 143 Å². The Morgan fingerprint density at radius 2 is 2.08 bits per heavy atom. The van der Waals surface area contributed by atoms with Crippen molar-refractivity contribution in [1.82, 2.24) is 10.2 Å². The van der Waals surface area contributed by atoms with Gasteiger partial charge in [-0.3, -0.25) is 4.79 Å². The molecule has 7 heteroatoms. The van der Waals surface area contributed by atoms with Crippen molar-refractivity contribution in [2.45, 2.75) is 31.7 Å². The number of carbonyl (C=O) groups is 1. The molecule has 3 N–H and O–H groups in total. The average molecular weight is 346 g/mol. The molecule has 0 saturated heterocycles. The fourth-order valence-corrected chi connectivity index (χ4v) is 4.86. The highest BCUT2D eigenvalue weighted by atomic mass is 32.1. The number of benzene rings is 1. The molecule has 4 rings (SSSR count). The van der Waals surface area contributed by atoms with E-state index in [2.05, 4.69) is 15.5 Å². The molecule has 126 valence electrons. The molecule has 4 atom stereocenters. The van der Waals surface area contributed by atoms with Crippen LogP contribution in [0.3, 0.4) is 0 Å². The van der Waals surface area contributed by atoms with E-state index in [4.69, 9.17) is 5.73 Å². The smallest absolute Gasteiger partial charge is 0.231 e. The zero-order valence-corrected chi connectivity index (χ0v) is 13.9. The number of amides is 1. The maximum atomic E-state index is 13.7. The van der Waals surface area contributed by atoms with Gasteiger partial charge in [-0.25, -0.2) is 4.39 Å². The van der Waals surface area contributed by atoms with Crippen LogP contribution in [0.5, 0.6) is 0 Å². The minimum atomic E-state index is -0.258. The second-order valence-electron chi connectivity index (χ2n) is 6.69. The van der Waals surface area contributed by atoms with Gasteiger partial charge >= 0.3 is 0 Å². The highest BCUT2D eigenvalue weighted by Crippen LogP contribution is 2.47. The third-order valence-electron chi connectivity index (χ3n) is 5.28. The van der Waals surface area contributed by atoms with Gasteiger partial charge < -0.3 is 11.1 Å². The Kier molecular flexibility index (Phi) is 4.05. The fourth-order valence-electron chi connectivity index (χ4n) is 4.09. The molecule has 1 heterocycles. The molecule has 0 radical (unpaired) electrons. The molecule has 2 fully saturated rings. The van der Waals surface area contributed by atoms with E-state index in [1.807, 2.05) is 0 Å². The number of rotatable bonds is 4. The van der Waals surface area contributed by atoms with Gasteiger partial charge in [0.25, 0.3) is 0 Å². The first-order chi connectivity index (χ1) is 11.6. The SMILES string of the molecule is NC1C2CCC(C2)C1C(=O)Nc1nnc(Cc2ccccc2F)s1. The minimum Gasteiger partial charge on any atom is -0.327 e. The number of anilines is 1. The van der Waals surface area contributed by atoms with Crippen LogP contribution >= 0.6 is 11.3 Å². The first-order valence-electron chi connectivity index (χ1n) is 8.24. The number of nitrogens with zero attached hydrogens (tertiary/aromatic N) is 2. The Balaban J connectivity index is 1.42. The minimum absolute atomic E-state index is 0.0467. The zero-order valence-electron chi connectivity index (χ0n) is 13.1. The molecule has 1 aromatic carbocycles. The number of aromatic nitrogens is 2. The molecule has 0 aliphatic heterocycles. The molecule has 2 bridgehead atoms. The molecular weight excluding hydrogens is 327 g/mol. The predicted molar refractivity (Wildman–Crippen MR) is 90.0 cm³/mol. The van der Waals surface area contributed by atoms with Gasteiger partial charge in [-0.15, -0.1) is 10.2 Å². The van der Waals surface area contributed by atoms with Crippen molar-refractivity contribution in [3.63, 3.8) is 0 Å². The number of nitrogens with one attached hydrogen (secondary N) is 1. The Bertz CT molecular complexity index is 763. The summed E-state index contributed by atoms with van der Waals surface area (Å²) in [5.74, 6) is 0.449. The van der Waals surface area contributed by atoms with E-state index in [1.165, 1.54) is 17.4 Å². The molecule has 5 nitrogen and oxygen atoms in total. The van der Waals surface area contributed by atoms with Gasteiger partial charge in [0, 0.05) is 12.5 Å². The van der Waals surface area contributed by atoms with E-state index in [1.54, 1.807) is 18.2 Å². The van der Waals surface area contributed by atoms with Gasteiger partial charge in [0.1, 0.15) is 10.8 Å². The summed E-state index contributed by atoms with van der Waals surface area (Å²) in [6, 6.07) is 6.55. The normalized spacial score (nSPS) is 28.2. The van der Waals surface area contributed by atoms with Crippen molar-refractivity contribution >= 4 is 22.4 Å². The number of nitrogens with two attached hydrogens (primary N) is 1. The molecule has 2 aliphatic rings. The second kappa shape index (κ2) is 6.22. The van der Waals surface area contributed by atoms with Gasteiger partial charge in [0.2, 0.25) is 11.0 Å². The highest BCUT2D eigenvalue weighted by molar-refractivity contribution is 7.15. The average Bonchev–Trinajstić information content (AvgIpc) is 3.26. The van der Waals surface area contributed by atoms with E-state index < -0.39 is 0 Å². The van der Waals surface area contributed by atoms with Crippen molar-refractivity contribution in [1.29, 1.82) is 0 Å². The highest BCUT2D eigenvalue weighted by Gasteiger charge is 2.49. The van der Waals surface area contributed by atoms with Crippen molar-refractivity contribution in [2.75, 3.05) is 5.32 Å². The van der Waals surface area contributed by atoms with E-state index in [0.717, 1.165) is 19.3 Å². The van der Waals surface area contributed by atoms with E-state index in [-0.39, 0.29) is 23.7 Å². The summed E-state index contributed by atoms with van der Waals surface area (Å²) < 4.78 is 13.7. The molecule has 2 saturated carbocycles. The van der Waals surface area contributed by atoms with Gasteiger partial charge in [-0.1, -0.05) is 29.5 Å². The van der Waals surface area contributed by atoms with Gasteiger partial charge in [0.15, 0.2) is 0 Å². The Morgan fingerprint density at radius 1 is 1.29 bits per heavy atom. The van der Waals surface area contributed by atoms with Gasteiger partial charge in [0.05, 0.1) is 5.92 Å². The third kappa shape index (κ3) is 2.82. The summed E-state index contributed by atoms with van der Waals surface area (Å²) in [5, 5.41) is 12.1. The lowest BCUT2D eigenvalue weighted by atomic mass is 9.84. The lowest BCUT2D eigenvalue weighted by Crippen LogP contribution is -2.42. The third-order valence-corrected chi connectivity index (χ3v) is 6.12. The number of hydrogen-bond donors (Lipinski definition) is 2. The van der Waals surface area contributed by atoms with Crippen LogP contribution in [0.2, 0.25) is 0 Å². The number of carbonyl (C=O) groups excluding carboxylic acids is 1. The Morgan fingerprint density at radius 3 is 2.83 bits per heavy atom. The van der Waals surface area contributed by atoms with Crippen molar-refractivity contribution in [3.8, 4) is 0 Å². The summed E-state index contributed by atoms with van der Waals surface area (Å²) in [4.78, 5) is 12.5. The monoisotopic (exact) mass is 346 g/mol. The molecule has 1 amide bonds. The van der Waals surface area contributed by atoms with Gasteiger partial charge in [-0.05, 0) is 42.7 Å². The predicted octanol–water partition coefficient (Wildman–Crippen LogP) is 2.58.